The molecule has 0 amide bonds. The van der Waals surface area contributed by atoms with Crippen LogP contribution in [-0.4, -0.2) is 11.7 Å². The van der Waals surface area contributed by atoms with Gasteiger partial charge in [0, 0.05) is 10.7 Å². The molecule has 1 N–H and O–H groups in total. The third-order valence-corrected chi connectivity index (χ3v) is 1.49. The third-order valence-electron chi connectivity index (χ3n) is 1.49. The van der Waals surface area contributed by atoms with E-state index in [0.29, 0.717) is 5.56 Å². The fraction of sp³-hybridized carbons (Fsp3) is 0.400. The molecule has 0 aliphatic heterocycles. The van der Waals surface area contributed by atoms with E-state index in [1.807, 2.05) is 0 Å². The Balaban J connectivity index is 3.13. The number of aliphatic hydroxyl groups is 1. The molecule has 0 spiro atoms. The number of hydrogen-bond acceptors (Lipinski definition) is 1. The molecule has 0 radical (unpaired) electrons. The van der Waals surface area contributed by atoms with Crippen LogP contribution in [0.4, 0.5) is 0 Å². The Hall–Kier alpha value is -0.820. The molecule has 0 saturated heterocycles. The molecular weight excluding hydrogens is 136 g/mol. The fourth-order valence-electron chi connectivity index (χ4n) is 0.868. The van der Waals surface area contributed by atoms with E-state index < -0.39 is 18.8 Å². The van der Waals surface area contributed by atoms with Gasteiger partial charge in [0.1, 0.15) is 0 Å². The van der Waals surface area contributed by atoms with Crippen LogP contribution in [0.15, 0.2) is 30.3 Å². The first-order valence-corrected chi connectivity index (χ1v) is 3.46. The van der Waals surface area contributed by atoms with Gasteiger partial charge in [0.05, 0.1) is 1.37 Å². The SMILES string of the molecule is [2H][C@@H](O)C([2H])([2H])[C@]([2H])(C)c1ccccc1. The zero-order valence-electron chi connectivity index (χ0n) is 10.4. The van der Waals surface area contributed by atoms with Crippen molar-refractivity contribution in [1.82, 2.24) is 0 Å². The maximum absolute atomic E-state index is 9.05. The summed E-state index contributed by atoms with van der Waals surface area (Å²) in [6, 6.07) is 8.41. The highest BCUT2D eigenvalue weighted by Crippen LogP contribution is 2.17. The van der Waals surface area contributed by atoms with E-state index in [9.17, 15) is 0 Å². The van der Waals surface area contributed by atoms with Gasteiger partial charge in [0.25, 0.3) is 0 Å². The molecule has 0 heterocycles. The molecule has 1 nitrogen and oxygen atoms in total. The first-order chi connectivity index (χ1) is 6.80. The number of aliphatic hydroxyl groups excluding tert-OH is 1. The standard InChI is InChI=1S/C10H14O/c1-9(7-8-11)10-5-3-2-4-6-10/h2-6,9,11H,7-8H2,1H3/t9-/m0/s1/i7D2,8D,9D/t8-,9+/m1. The van der Waals surface area contributed by atoms with Crippen molar-refractivity contribution >= 4 is 0 Å². The van der Waals surface area contributed by atoms with Gasteiger partial charge in [-0.15, -0.1) is 0 Å². The summed E-state index contributed by atoms with van der Waals surface area (Å²) in [5, 5.41) is 9.05. The molecule has 1 heteroatoms. The topological polar surface area (TPSA) is 20.2 Å². The molecule has 0 saturated carbocycles. The van der Waals surface area contributed by atoms with Crippen molar-refractivity contribution in [3.8, 4) is 0 Å². The highest BCUT2D eigenvalue weighted by atomic mass is 16.3. The van der Waals surface area contributed by atoms with E-state index in [2.05, 4.69) is 0 Å². The molecule has 1 rings (SSSR count). The molecular formula is C10H14O. The maximum atomic E-state index is 9.05. The number of rotatable bonds is 3. The zero-order valence-corrected chi connectivity index (χ0v) is 6.41. The van der Waals surface area contributed by atoms with Crippen LogP contribution < -0.4 is 0 Å². The van der Waals surface area contributed by atoms with E-state index in [-0.39, 0.29) is 0 Å². The average molecular weight is 154 g/mol. The molecule has 0 unspecified atom stereocenters. The Labute approximate surface area is 73.3 Å². The van der Waals surface area contributed by atoms with E-state index in [4.69, 9.17) is 10.6 Å². The Morgan fingerprint density at radius 3 is 2.73 bits per heavy atom. The van der Waals surface area contributed by atoms with Gasteiger partial charge in [-0.25, -0.2) is 0 Å². The summed E-state index contributed by atoms with van der Waals surface area (Å²) in [6.45, 7) is -0.569. The summed E-state index contributed by atoms with van der Waals surface area (Å²) in [4.78, 5) is 0. The van der Waals surface area contributed by atoms with Crippen LogP contribution in [0.5, 0.6) is 0 Å². The summed E-state index contributed by atoms with van der Waals surface area (Å²) in [5.41, 5.74) is 0.446. The van der Waals surface area contributed by atoms with Crippen molar-refractivity contribution in [1.29, 1.82) is 0 Å². The molecule has 60 valence electrons. The Bertz CT molecular complexity index is 321. The Morgan fingerprint density at radius 2 is 2.18 bits per heavy atom. The van der Waals surface area contributed by atoms with Crippen LogP contribution in [0.3, 0.4) is 0 Å². The summed E-state index contributed by atoms with van der Waals surface area (Å²) in [6.07, 6.45) is -2.31. The lowest BCUT2D eigenvalue weighted by molar-refractivity contribution is 0.278. The van der Waals surface area contributed by atoms with Crippen molar-refractivity contribution in [2.45, 2.75) is 19.2 Å². The average Bonchev–Trinajstić information content (AvgIpc) is 2.18. The fourth-order valence-corrected chi connectivity index (χ4v) is 0.868. The minimum Gasteiger partial charge on any atom is -0.396 e. The van der Waals surface area contributed by atoms with Gasteiger partial charge < -0.3 is 5.11 Å². The van der Waals surface area contributed by atoms with Crippen molar-refractivity contribution in [3.63, 3.8) is 0 Å². The van der Waals surface area contributed by atoms with E-state index in [1.165, 1.54) is 6.92 Å². The Morgan fingerprint density at radius 1 is 1.55 bits per heavy atom. The lowest BCUT2D eigenvalue weighted by atomic mass is 9.99. The number of hydrogen-bond donors (Lipinski definition) is 1. The van der Waals surface area contributed by atoms with Crippen molar-refractivity contribution in [3.05, 3.63) is 35.9 Å². The van der Waals surface area contributed by atoms with Crippen LogP contribution in [-0.2, 0) is 0 Å². The summed E-state index contributed by atoms with van der Waals surface area (Å²) in [5.74, 6) is -1.64. The normalized spacial score (nSPS) is 25.3. The van der Waals surface area contributed by atoms with E-state index in [0.717, 1.165) is 0 Å². The molecule has 0 aromatic heterocycles. The molecule has 0 aliphatic carbocycles. The molecule has 0 bridgehead atoms. The highest BCUT2D eigenvalue weighted by Gasteiger charge is 2.01. The second kappa shape index (κ2) is 4.14. The lowest BCUT2D eigenvalue weighted by Gasteiger charge is -2.08. The minimum atomic E-state index is -2.31. The molecule has 0 fully saturated rings. The summed E-state index contributed by atoms with van der Waals surface area (Å²) < 4.78 is 30.1. The monoisotopic (exact) mass is 154 g/mol. The van der Waals surface area contributed by atoms with E-state index in [1.54, 1.807) is 30.3 Å². The van der Waals surface area contributed by atoms with Gasteiger partial charge in [-0.2, -0.15) is 0 Å². The van der Waals surface area contributed by atoms with Crippen LogP contribution in [0.25, 0.3) is 0 Å². The van der Waals surface area contributed by atoms with Crippen molar-refractivity contribution < 1.29 is 10.6 Å². The zero-order chi connectivity index (χ0) is 11.7. The van der Waals surface area contributed by atoms with Crippen LogP contribution in [0.2, 0.25) is 0 Å². The lowest BCUT2D eigenvalue weighted by Crippen LogP contribution is -1.95. The summed E-state index contributed by atoms with van der Waals surface area (Å²) >= 11 is 0. The second-order valence-corrected chi connectivity index (χ2v) is 2.26. The third kappa shape index (κ3) is 2.35. The predicted molar refractivity (Wildman–Crippen MR) is 46.6 cm³/mol. The van der Waals surface area contributed by atoms with Crippen molar-refractivity contribution in [2.24, 2.45) is 0 Å². The molecule has 11 heavy (non-hydrogen) atoms. The van der Waals surface area contributed by atoms with Gasteiger partial charge in [-0.05, 0) is 17.8 Å². The van der Waals surface area contributed by atoms with Crippen LogP contribution in [0.1, 0.15) is 30.2 Å². The molecule has 1 aromatic carbocycles. The largest absolute Gasteiger partial charge is 0.396 e. The van der Waals surface area contributed by atoms with Crippen molar-refractivity contribution in [2.75, 3.05) is 6.58 Å². The highest BCUT2D eigenvalue weighted by molar-refractivity contribution is 5.18. The molecule has 1 aromatic rings. The van der Waals surface area contributed by atoms with Crippen LogP contribution in [0, 0.1) is 0 Å². The van der Waals surface area contributed by atoms with Gasteiger partial charge >= 0.3 is 0 Å². The first-order valence-electron chi connectivity index (χ1n) is 5.53. The predicted octanol–water partition coefficient (Wildman–Crippen LogP) is 2.17. The second-order valence-electron chi connectivity index (χ2n) is 2.26. The van der Waals surface area contributed by atoms with Gasteiger partial charge in [-0.1, -0.05) is 37.3 Å². The van der Waals surface area contributed by atoms with Crippen LogP contribution >= 0.6 is 0 Å². The summed E-state index contributed by atoms with van der Waals surface area (Å²) in [7, 11) is 0. The molecule has 2 atom stereocenters. The number of benzene rings is 1. The molecule has 0 aliphatic rings. The van der Waals surface area contributed by atoms with E-state index >= 15 is 0 Å². The Kier molecular flexibility index (Phi) is 1.61. The quantitative estimate of drug-likeness (QED) is 0.707. The minimum absolute atomic E-state index is 0.446. The maximum Gasteiger partial charge on any atom is 0.0564 e. The van der Waals surface area contributed by atoms with Gasteiger partial charge in [0.15, 0.2) is 0 Å². The van der Waals surface area contributed by atoms with Gasteiger partial charge in [-0.3, -0.25) is 0 Å². The smallest absolute Gasteiger partial charge is 0.0564 e. The van der Waals surface area contributed by atoms with Gasteiger partial charge in [0.2, 0.25) is 0 Å². The first kappa shape index (κ1) is 4.27.